The van der Waals surface area contributed by atoms with Crippen LogP contribution in [0.4, 0.5) is 10.1 Å². The van der Waals surface area contributed by atoms with Crippen LogP contribution in [0.2, 0.25) is 5.02 Å². The van der Waals surface area contributed by atoms with Gasteiger partial charge < -0.3 is 10.0 Å². The first kappa shape index (κ1) is 21.2. The molecular formula is C23H23ClFN5OS. The Morgan fingerprint density at radius 3 is 2.59 bits per heavy atom. The average Bonchev–Trinajstić information content (AvgIpc) is 3.34. The van der Waals surface area contributed by atoms with Crippen molar-refractivity contribution in [1.29, 1.82) is 0 Å². The molecule has 2 aromatic carbocycles. The Labute approximate surface area is 194 Å². The molecule has 0 amide bonds. The van der Waals surface area contributed by atoms with Gasteiger partial charge in [-0.25, -0.2) is 9.37 Å². The van der Waals surface area contributed by atoms with Gasteiger partial charge in [-0.05, 0) is 29.8 Å². The number of benzene rings is 2. The van der Waals surface area contributed by atoms with Gasteiger partial charge in [0.1, 0.15) is 5.82 Å². The zero-order valence-corrected chi connectivity index (χ0v) is 19.2. The van der Waals surface area contributed by atoms with Gasteiger partial charge in [0.25, 0.3) is 0 Å². The lowest BCUT2D eigenvalue weighted by Crippen LogP contribution is -2.48. The molecule has 3 heterocycles. The van der Waals surface area contributed by atoms with Crippen LogP contribution in [0.25, 0.3) is 4.96 Å². The van der Waals surface area contributed by atoms with Gasteiger partial charge in [-0.15, -0.1) is 5.10 Å². The summed E-state index contributed by atoms with van der Waals surface area (Å²) in [5.74, 6) is 0.608. The molecule has 6 nitrogen and oxygen atoms in total. The van der Waals surface area contributed by atoms with Crippen molar-refractivity contribution in [2.24, 2.45) is 0 Å². The number of fused-ring (bicyclic) bond motifs is 1. The second-order valence-electron chi connectivity index (χ2n) is 7.80. The Kier molecular flexibility index (Phi) is 5.75. The van der Waals surface area contributed by atoms with Gasteiger partial charge >= 0.3 is 0 Å². The highest BCUT2D eigenvalue weighted by Crippen LogP contribution is 2.41. The maximum Gasteiger partial charge on any atom is 0.230 e. The van der Waals surface area contributed by atoms with Gasteiger partial charge in [-0.2, -0.15) is 4.52 Å². The van der Waals surface area contributed by atoms with Crippen LogP contribution in [0, 0.1) is 5.82 Å². The standard InChI is InChI=1S/C23H23ClFN5OS/c1-2-19-26-23-30(27-19)22(31)21(32-23)20(15-6-5-7-16(24)14-15)29-12-10-28(11-13-29)18-9-4-3-8-17(18)25/h3-9,14,20,31H,2,10-13H2,1H3/t20-/m0/s1. The molecular weight excluding hydrogens is 449 g/mol. The molecule has 5 rings (SSSR count). The smallest absolute Gasteiger partial charge is 0.230 e. The van der Waals surface area contributed by atoms with E-state index in [1.807, 2.05) is 43.3 Å². The second kappa shape index (κ2) is 8.69. The Hall–Kier alpha value is -2.68. The van der Waals surface area contributed by atoms with E-state index in [4.69, 9.17) is 11.6 Å². The van der Waals surface area contributed by atoms with Crippen LogP contribution in [0.5, 0.6) is 5.88 Å². The number of aromatic hydroxyl groups is 1. The lowest BCUT2D eigenvalue weighted by atomic mass is 10.0. The van der Waals surface area contributed by atoms with Crippen molar-refractivity contribution in [3.63, 3.8) is 0 Å². The largest absolute Gasteiger partial charge is 0.492 e. The van der Waals surface area contributed by atoms with E-state index in [-0.39, 0.29) is 17.7 Å². The maximum absolute atomic E-state index is 14.3. The summed E-state index contributed by atoms with van der Waals surface area (Å²) in [5, 5.41) is 16.1. The van der Waals surface area contributed by atoms with Crippen LogP contribution in [-0.2, 0) is 6.42 Å². The number of thiazole rings is 1. The molecule has 0 bridgehead atoms. The number of anilines is 1. The van der Waals surface area contributed by atoms with Gasteiger partial charge in [0.2, 0.25) is 10.8 Å². The zero-order chi connectivity index (χ0) is 22.2. The summed E-state index contributed by atoms with van der Waals surface area (Å²) in [4.78, 5) is 10.3. The van der Waals surface area contributed by atoms with Crippen molar-refractivity contribution in [2.75, 3.05) is 31.1 Å². The minimum atomic E-state index is -0.206. The number of para-hydroxylation sites is 1. The number of hydrogen-bond acceptors (Lipinski definition) is 6. The number of halogens is 2. The topological polar surface area (TPSA) is 56.9 Å². The van der Waals surface area contributed by atoms with E-state index in [2.05, 4.69) is 19.9 Å². The van der Waals surface area contributed by atoms with Crippen LogP contribution in [0.1, 0.15) is 29.2 Å². The zero-order valence-electron chi connectivity index (χ0n) is 17.6. The number of nitrogens with zero attached hydrogens (tertiary/aromatic N) is 5. The fourth-order valence-corrected chi connectivity index (χ4v) is 5.59. The summed E-state index contributed by atoms with van der Waals surface area (Å²) in [7, 11) is 0. The highest BCUT2D eigenvalue weighted by Gasteiger charge is 2.32. The normalized spacial score (nSPS) is 16.0. The molecule has 1 aliphatic rings. The van der Waals surface area contributed by atoms with Gasteiger partial charge in [0.15, 0.2) is 5.82 Å². The van der Waals surface area contributed by atoms with E-state index in [1.165, 1.54) is 21.9 Å². The number of piperazine rings is 1. The fourth-order valence-electron chi connectivity index (χ4n) is 4.25. The SMILES string of the molecule is CCc1nc2sc([C@H](c3cccc(Cl)c3)N3CCN(c4ccccc4F)CC3)c(O)n2n1. The van der Waals surface area contributed by atoms with Crippen LogP contribution >= 0.6 is 22.9 Å². The fraction of sp³-hybridized carbons (Fsp3) is 0.304. The Bertz CT molecular complexity index is 1250. The van der Waals surface area contributed by atoms with Crippen molar-refractivity contribution in [3.05, 3.63) is 75.6 Å². The maximum atomic E-state index is 14.3. The van der Waals surface area contributed by atoms with Gasteiger partial charge in [0, 0.05) is 37.6 Å². The van der Waals surface area contributed by atoms with Gasteiger partial charge in [0.05, 0.1) is 16.6 Å². The quantitative estimate of drug-likeness (QED) is 0.454. The van der Waals surface area contributed by atoms with Gasteiger partial charge in [-0.1, -0.05) is 54.1 Å². The average molecular weight is 472 g/mol. The highest BCUT2D eigenvalue weighted by atomic mass is 35.5. The molecule has 166 valence electrons. The van der Waals surface area contributed by atoms with Crippen molar-refractivity contribution < 1.29 is 9.50 Å². The number of aryl methyl sites for hydroxylation is 1. The summed E-state index contributed by atoms with van der Waals surface area (Å²) in [5.41, 5.74) is 1.62. The number of aromatic nitrogens is 3. The van der Waals surface area contributed by atoms with E-state index in [9.17, 15) is 9.50 Å². The Morgan fingerprint density at radius 1 is 1.12 bits per heavy atom. The van der Waals surface area contributed by atoms with E-state index < -0.39 is 0 Å². The summed E-state index contributed by atoms with van der Waals surface area (Å²) in [6, 6.07) is 14.4. The monoisotopic (exact) mass is 471 g/mol. The van der Waals surface area contributed by atoms with Gasteiger partial charge in [-0.3, -0.25) is 4.90 Å². The van der Waals surface area contributed by atoms with Crippen molar-refractivity contribution in [1.82, 2.24) is 19.5 Å². The summed E-state index contributed by atoms with van der Waals surface area (Å²) in [6.45, 7) is 4.76. The Morgan fingerprint density at radius 2 is 1.91 bits per heavy atom. The molecule has 0 aliphatic carbocycles. The van der Waals surface area contributed by atoms with Crippen LogP contribution in [0.3, 0.4) is 0 Å². The number of hydrogen-bond donors (Lipinski definition) is 1. The van der Waals surface area contributed by atoms with Crippen LogP contribution in [0.15, 0.2) is 48.5 Å². The van der Waals surface area contributed by atoms with Crippen LogP contribution < -0.4 is 4.90 Å². The molecule has 1 saturated heterocycles. The molecule has 4 aromatic rings. The third-order valence-electron chi connectivity index (χ3n) is 5.85. The van der Waals surface area contributed by atoms with Crippen LogP contribution in [-0.4, -0.2) is 50.8 Å². The summed E-state index contributed by atoms with van der Waals surface area (Å²) < 4.78 is 15.8. The first-order chi connectivity index (χ1) is 15.5. The first-order valence-corrected chi connectivity index (χ1v) is 11.8. The third-order valence-corrected chi connectivity index (χ3v) is 7.15. The summed E-state index contributed by atoms with van der Waals surface area (Å²) >= 11 is 7.76. The molecule has 0 unspecified atom stereocenters. The predicted octanol–water partition coefficient (Wildman–Crippen LogP) is 4.76. The molecule has 1 fully saturated rings. The minimum absolute atomic E-state index is 0.110. The molecule has 2 aromatic heterocycles. The lowest BCUT2D eigenvalue weighted by molar-refractivity contribution is 0.210. The molecule has 0 radical (unpaired) electrons. The predicted molar refractivity (Wildman–Crippen MR) is 125 cm³/mol. The molecule has 1 atom stereocenters. The lowest BCUT2D eigenvalue weighted by Gasteiger charge is -2.40. The third kappa shape index (κ3) is 3.83. The van der Waals surface area contributed by atoms with E-state index in [1.54, 1.807) is 6.07 Å². The van der Waals surface area contributed by atoms with E-state index in [0.717, 1.165) is 10.4 Å². The molecule has 1 N–H and O–H groups in total. The summed E-state index contributed by atoms with van der Waals surface area (Å²) in [6.07, 6.45) is 0.707. The molecule has 0 saturated carbocycles. The molecule has 9 heteroatoms. The van der Waals surface area contributed by atoms with E-state index >= 15 is 0 Å². The van der Waals surface area contributed by atoms with Crippen molar-refractivity contribution in [3.8, 4) is 5.88 Å². The number of rotatable bonds is 5. The van der Waals surface area contributed by atoms with E-state index in [0.29, 0.717) is 54.1 Å². The minimum Gasteiger partial charge on any atom is -0.492 e. The van der Waals surface area contributed by atoms with Crippen molar-refractivity contribution in [2.45, 2.75) is 19.4 Å². The molecule has 1 aliphatic heterocycles. The van der Waals surface area contributed by atoms with Crippen molar-refractivity contribution >= 4 is 33.6 Å². The highest BCUT2D eigenvalue weighted by molar-refractivity contribution is 7.17. The molecule has 0 spiro atoms. The Balaban J connectivity index is 1.49. The molecule has 32 heavy (non-hydrogen) atoms. The second-order valence-corrected chi connectivity index (χ2v) is 9.24. The first-order valence-electron chi connectivity index (χ1n) is 10.6.